The SMILES string of the molecule is Cc1[nH]c2c(Cl)cccc2c(=O)c1C[NH+]1C[C@H](C)O[C@@H](C)C1. The normalized spacial score (nSPS) is 25.5. The summed E-state index contributed by atoms with van der Waals surface area (Å²) < 4.78 is 5.78. The van der Waals surface area contributed by atoms with E-state index in [0.717, 1.165) is 36.4 Å². The van der Waals surface area contributed by atoms with Gasteiger partial charge in [0, 0.05) is 11.1 Å². The molecular formula is C17H22ClN2O2+. The maximum absolute atomic E-state index is 12.8. The second kappa shape index (κ2) is 6.03. The van der Waals surface area contributed by atoms with Crippen molar-refractivity contribution in [2.45, 2.75) is 39.5 Å². The first kappa shape index (κ1) is 15.5. The highest BCUT2D eigenvalue weighted by Crippen LogP contribution is 2.20. The summed E-state index contributed by atoms with van der Waals surface area (Å²) in [5.74, 6) is 0. The largest absolute Gasteiger partial charge is 0.364 e. The fourth-order valence-electron chi connectivity index (χ4n) is 3.43. The second-order valence-corrected chi connectivity index (χ2v) is 6.72. The third-order valence-electron chi connectivity index (χ3n) is 4.34. The van der Waals surface area contributed by atoms with Crippen molar-refractivity contribution in [3.05, 3.63) is 44.7 Å². The van der Waals surface area contributed by atoms with Crippen molar-refractivity contribution in [2.24, 2.45) is 0 Å². The number of aromatic amines is 1. The smallest absolute Gasteiger partial charge is 0.198 e. The molecule has 2 aromatic rings. The number of halogens is 1. The fourth-order valence-corrected chi connectivity index (χ4v) is 3.65. The van der Waals surface area contributed by atoms with Gasteiger partial charge >= 0.3 is 0 Å². The van der Waals surface area contributed by atoms with Crippen molar-refractivity contribution in [2.75, 3.05) is 13.1 Å². The molecule has 118 valence electrons. The van der Waals surface area contributed by atoms with Gasteiger partial charge in [0.25, 0.3) is 0 Å². The summed E-state index contributed by atoms with van der Waals surface area (Å²) >= 11 is 6.19. The van der Waals surface area contributed by atoms with Crippen molar-refractivity contribution in [1.29, 1.82) is 0 Å². The number of benzene rings is 1. The van der Waals surface area contributed by atoms with E-state index in [1.54, 1.807) is 6.07 Å². The van der Waals surface area contributed by atoms with Crippen molar-refractivity contribution < 1.29 is 9.64 Å². The lowest BCUT2D eigenvalue weighted by molar-refractivity contribution is -0.928. The van der Waals surface area contributed by atoms with Gasteiger partial charge in [-0.25, -0.2) is 0 Å². The number of H-pyrrole nitrogens is 1. The van der Waals surface area contributed by atoms with Crippen molar-refractivity contribution in [3.63, 3.8) is 0 Å². The Morgan fingerprint density at radius 2 is 2.00 bits per heavy atom. The Morgan fingerprint density at radius 3 is 2.68 bits per heavy atom. The number of fused-ring (bicyclic) bond motifs is 1. The Hall–Kier alpha value is -1.36. The number of para-hydroxylation sites is 1. The molecule has 0 unspecified atom stereocenters. The number of rotatable bonds is 2. The highest BCUT2D eigenvalue weighted by Gasteiger charge is 2.27. The average molecular weight is 322 g/mol. The lowest BCUT2D eigenvalue weighted by atomic mass is 10.1. The molecule has 1 fully saturated rings. The predicted octanol–water partition coefficient (Wildman–Crippen LogP) is 1.68. The summed E-state index contributed by atoms with van der Waals surface area (Å²) in [6.45, 7) is 8.71. The van der Waals surface area contributed by atoms with Crippen LogP contribution in [0.4, 0.5) is 0 Å². The van der Waals surface area contributed by atoms with Crippen LogP contribution in [0.5, 0.6) is 0 Å². The molecule has 0 aliphatic carbocycles. The molecule has 0 spiro atoms. The molecule has 2 N–H and O–H groups in total. The molecule has 5 heteroatoms. The molecule has 0 radical (unpaired) electrons. The summed E-state index contributed by atoms with van der Waals surface area (Å²) in [4.78, 5) is 17.5. The van der Waals surface area contributed by atoms with Gasteiger partial charge in [0.1, 0.15) is 31.8 Å². The average Bonchev–Trinajstić information content (AvgIpc) is 2.44. The molecule has 1 saturated heterocycles. The van der Waals surface area contributed by atoms with Crippen LogP contribution in [0, 0.1) is 6.92 Å². The molecule has 22 heavy (non-hydrogen) atoms. The Bertz CT molecular complexity index is 746. The summed E-state index contributed by atoms with van der Waals surface area (Å²) in [6, 6.07) is 5.46. The monoisotopic (exact) mass is 321 g/mol. The summed E-state index contributed by atoms with van der Waals surface area (Å²) in [7, 11) is 0. The van der Waals surface area contributed by atoms with Crippen LogP contribution in [0.25, 0.3) is 10.9 Å². The van der Waals surface area contributed by atoms with Crippen LogP contribution in [-0.2, 0) is 11.3 Å². The molecule has 1 aliphatic rings. The second-order valence-electron chi connectivity index (χ2n) is 6.31. The zero-order valence-electron chi connectivity index (χ0n) is 13.2. The number of nitrogens with one attached hydrogen (secondary N) is 2. The van der Waals surface area contributed by atoms with Gasteiger partial charge in [-0.2, -0.15) is 0 Å². The van der Waals surface area contributed by atoms with E-state index in [1.165, 1.54) is 4.90 Å². The highest BCUT2D eigenvalue weighted by molar-refractivity contribution is 6.35. The van der Waals surface area contributed by atoms with E-state index < -0.39 is 0 Å². The number of morpholine rings is 1. The minimum atomic E-state index is 0.0908. The molecular weight excluding hydrogens is 300 g/mol. The van der Waals surface area contributed by atoms with Crippen LogP contribution in [0.2, 0.25) is 5.02 Å². The van der Waals surface area contributed by atoms with Gasteiger partial charge in [0.2, 0.25) is 0 Å². The lowest BCUT2D eigenvalue weighted by Gasteiger charge is -2.32. The van der Waals surface area contributed by atoms with Crippen LogP contribution < -0.4 is 10.3 Å². The van der Waals surface area contributed by atoms with E-state index >= 15 is 0 Å². The third kappa shape index (κ3) is 2.91. The Labute approximate surface area is 135 Å². The maximum atomic E-state index is 12.8. The van der Waals surface area contributed by atoms with Crippen molar-refractivity contribution in [3.8, 4) is 0 Å². The highest BCUT2D eigenvalue weighted by atomic mass is 35.5. The Morgan fingerprint density at radius 1 is 1.32 bits per heavy atom. The first-order valence-electron chi connectivity index (χ1n) is 7.74. The topological polar surface area (TPSA) is 46.5 Å². The molecule has 1 aromatic heterocycles. The van der Waals surface area contributed by atoms with Crippen LogP contribution >= 0.6 is 11.6 Å². The number of quaternary nitrogens is 1. The quantitative estimate of drug-likeness (QED) is 0.884. The van der Waals surface area contributed by atoms with Crippen LogP contribution in [0.1, 0.15) is 25.1 Å². The number of hydrogen-bond donors (Lipinski definition) is 2. The number of aromatic nitrogens is 1. The van der Waals surface area contributed by atoms with Crippen LogP contribution in [0.15, 0.2) is 23.0 Å². The maximum Gasteiger partial charge on any atom is 0.198 e. The van der Waals surface area contributed by atoms with Gasteiger partial charge in [-0.05, 0) is 32.9 Å². The molecule has 0 bridgehead atoms. The molecule has 1 aliphatic heterocycles. The summed E-state index contributed by atoms with van der Waals surface area (Å²) in [5.41, 5.74) is 2.58. The van der Waals surface area contributed by atoms with Gasteiger partial charge in [0.15, 0.2) is 5.43 Å². The van der Waals surface area contributed by atoms with Crippen molar-refractivity contribution in [1.82, 2.24) is 4.98 Å². The molecule has 4 nitrogen and oxygen atoms in total. The first-order chi connectivity index (χ1) is 10.5. The van der Waals surface area contributed by atoms with E-state index in [4.69, 9.17) is 16.3 Å². The molecule has 2 heterocycles. The van der Waals surface area contributed by atoms with E-state index in [2.05, 4.69) is 18.8 Å². The molecule has 2 atom stereocenters. The number of ether oxygens (including phenoxy) is 1. The van der Waals surface area contributed by atoms with Gasteiger partial charge in [-0.1, -0.05) is 17.7 Å². The molecule has 0 amide bonds. The van der Waals surface area contributed by atoms with E-state index in [9.17, 15) is 4.79 Å². The zero-order valence-corrected chi connectivity index (χ0v) is 14.0. The van der Waals surface area contributed by atoms with Gasteiger partial charge in [-0.15, -0.1) is 0 Å². The van der Waals surface area contributed by atoms with Crippen molar-refractivity contribution >= 4 is 22.5 Å². The van der Waals surface area contributed by atoms with Gasteiger partial charge in [-0.3, -0.25) is 4.79 Å². The first-order valence-corrected chi connectivity index (χ1v) is 8.12. The minimum absolute atomic E-state index is 0.0908. The third-order valence-corrected chi connectivity index (χ3v) is 4.66. The van der Waals surface area contributed by atoms with E-state index in [-0.39, 0.29) is 17.6 Å². The van der Waals surface area contributed by atoms with E-state index in [1.807, 2.05) is 19.1 Å². The fraction of sp³-hybridized carbons (Fsp3) is 0.471. The molecule has 0 saturated carbocycles. The van der Waals surface area contributed by atoms with Gasteiger partial charge in [0.05, 0.1) is 16.1 Å². The zero-order chi connectivity index (χ0) is 15.9. The Balaban J connectivity index is 1.99. The van der Waals surface area contributed by atoms with E-state index in [0.29, 0.717) is 10.4 Å². The summed E-state index contributed by atoms with van der Waals surface area (Å²) in [5, 5.41) is 1.26. The number of hydrogen-bond acceptors (Lipinski definition) is 2. The summed E-state index contributed by atoms with van der Waals surface area (Å²) in [6.07, 6.45) is 0.459. The predicted molar refractivity (Wildman–Crippen MR) is 88.7 cm³/mol. The number of aryl methyl sites for hydroxylation is 1. The van der Waals surface area contributed by atoms with Crippen LogP contribution in [-0.4, -0.2) is 30.3 Å². The standard InChI is InChI=1S/C17H21ClN2O2/c1-10-7-20(8-11(2)22-10)9-14-12(3)19-16-13(17(14)21)5-4-6-15(16)18/h4-6,10-11H,7-9H2,1-3H3,(H,19,21)/p+1/t10-,11-/m0/s1. The molecule has 1 aromatic carbocycles. The van der Waals surface area contributed by atoms with Crippen LogP contribution in [0.3, 0.4) is 0 Å². The Kier molecular flexibility index (Phi) is 4.26. The lowest BCUT2D eigenvalue weighted by Crippen LogP contribution is -3.14. The number of pyridine rings is 1. The molecule has 3 rings (SSSR count). The van der Waals surface area contributed by atoms with Gasteiger partial charge < -0.3 is 14.6 Å². The minimum Gasteiger partial charge on any atom is -0.364 e.